The topological polar surface area (TPSA) is 84.2 Å². The Morgan fingerprint density at radius 1 is 1.42 bits per heavy atom. The molecule has 1 amide bonds. The van der Waals surface area contributed by atoms with Gasteiger partial charge in [-0.05, 0) is 42.9 Å². The van der Waals surface area contributed by atoms with E-state index in [1.165, 1.54) is 22.8 Å². The van der Waals surface area contributed by atoms with E-state index >= 15 is 0 Å². The van der Waals surface area contributed by atoms with Crippen molar-refractivity contribution in [2.75, 3.05) is 0 Å². The van der Waals surface area contributed by atoms with Crippen molar-refractivity contribution in [2.45, 2.75) is 38.3 Å². The molecule has 1 aromatic carbocycles. The smallest absolute Gasteiger partial charge is 0.296 e. The van der Waals surface area contributed by atoms with Gasteiger partial charge in [0.2, 0.25) is 5.75 Å². The van der Waals surface area contributed by atoms with E-state index in [2.05, 4.69) is 10.3 Å². The molecule has 2 atom stereocenters. The molecule has 2 bridgehead atoms. The average Bonchev–Trinajstić information content (AvgIpc) is 3.01. The summed E-state index contributed by atoms with van der Waals surface area (Å²) in [5.41, 5.74) is -0.237. The fourth-order valence-corrected chi connectivity index (χ4v) is 4.06. The van der Waals surface area contributed by atoms with Gasteiger partial charge in [0, 0.05) is 19.0 Å². The van der Waals surface area contributed by atoms with Crippen molar-refractivity contribution in [2.24, 2.45) is 5.92 Å². The predicted molar refractivity (Wildman–Crippen MR) is 92.8 cm³/mol. The predicted octanol–water partition coefficient (Wildman–Crippen LogP) is 2.57. The fourth-order valence-electron chi connectivity index (χ4n) is 3.86. The minimum Gasteiger partial charge on any atom is -0.501 e. The highest BCUT2D eigenvalue weighted by atomic mass is 35.5. The molecule has 1 fully saturated rings. The molecule has 1 aliphatic carbocycles. The maximum Gasteiger partial charge on any atom is 0.296 e. The number of hydrogen-bond acceptors (Lipinski definition) is 4. The molecule has 0 radical (unpaired) electrons. The van der Waals surface area contributed by atoms with Crippen molar-refractivity contribution in [1.29, 1.82) is 0 Å². The van der Waals surface area contributed by atoms with E-state index in [0.717, 1.165) is 19.3 Å². The normalized spacial score (nSPS) is 20.7. The van der Waals surface area contributed by atoms with Crippen molar-refractivity contribution >= 4 is 17.5 Å². The first-order valence-corrected chi connectivity index (χ1v) is 8.87. The molecule has 2 N–H and O–H groups in total. The van der Waals surface area contributed by atoms with E-state index in [9.17, 15) is 19.1 Å². The van der Waals surface area contributed by atoms with E-state index in [1.54, 1.807) is 0 Å². The molecular weight excluding hydrogens is 361 g/mol. The first-order valence-electron chi connectivity index (χ1n) is 8.50. The lowest BCUT2D eigenvalue weighted by Gasteiger charge is -2.24. The minimum atomic E-state index is -0.649. The number of carbonyl (C=O) groups is 1. The largest absolute Gasteiger partial charge is 0.501 e. The Labute approximate surface area is 153 Å². The third-order valence-corrected chi connectivity index (χ3v) is 5.46. The van der Waals surface area contributed by atoms with Crippen LogP contribution >= 0.6 is 11.6 Å². The molecule has 136 valence electrons. The Kier molecular flexibility index (Phi) is 4.19. The van der Waals surface area contributed by atoms with Crippen LogP contribution in [0, 0.1) is 11.7 Å². The van der Waals surface area contributed by atoms with Gasteiger partial charge in [0.15, 0.2) is 5.69 Å². The van der Waals surface area contributed by atoms with Crippen molar-refractivity contribution < 1.29 is 14.3 Å². The number of nitrogens with one attached hydrogen (secondary N) is 1. The number of aromatic nitrogens is 2. The number of nitrogens with zero attached hydrogens (tertiary/aromatic N) is 2. The first kappa shape index (κ1) is 17.0. The fraction of sp³-hybridized carbons (Fsp3) is 0.389. The second kappa shape index (κ2) is 6.39. The van der Waals surface area contributed by atoms with E-state index in [0.29, 0.717) is 23.9 Å². The van der Waals surface area contributed by atoms with Gasteiger partial charge in [-0.3, -0.25) is 14.2 Å². The summed E-state index contributed by atoms with van der Waals surface area (Å²) < 4.78 is 14.7. The van der Waals surface area contributed by atoms with Crippen LogP contribution in [0.4, 0.5) is 4.39 Å². The number of rotatable bonds is 3. The van der Waals surface area contributed by atoms with Crippen LogP contribution in [-0.4, -0.2) is 20.6 Å². The molecular formula is C18H17ClFN3O3. The summed E-state index contributed by atoms with van der Waals surface area (Å²) in [6, 6.07) is 4.11. The van der Waals surface area contributed by atoms with Crippen LogP contribution in [0.1, 0.15) is 47.1 Å². The third-order valence-electron chi connectivity index (χ3n) is 5.17. The van der Waals surface area contributed by atoms with Crippen molar-refractivity contribution in [3.63, 3.8) is 0 Å². The molecule has 0 spiro atoms. The van der Waals surface area contributed by atoms with E-state index in [4.69, 9.17) is 11.6 Å². The summed E-state index contributed by atoms with van der Waals surface area (Å²) in [7, 11) is 0. The van der Waals surface area contributed by atoms with Crippen molar-refractivity contribution in [1.82, 2.24) is 14.9 Å². The minimum absolute atomic E-state index is 0.0412. The lowest BCUT2D eigenvalue weighted by atomic mass is 9.99. The van der Waals surface area contributed by atoms with Crippen LogP contribution in [0.25, 0.3) is 0 Å². The van der Waals surface area contributed by atoms with Gasteiger partial charge in [-0.25, -0.2) is 9.37 Å². The second-order valence-electron chi connectivity index (χ2n) is 6.89. The lowest BCUT2D eigenvalue weighted by molar-refractivity contribution is 0.0941. The summed E-state index contributed by atoms with van der Waals surface area (Å²) in [6.45, 7) is 0.616. The van der Waals surface area contributed by atoms with Crippen molar-refractivity contribution in [3.05, 3.63) is 56.5 Å². The summed E-state index contributed by atoms with van der Waals surface area (Å²) in [6.07, 6.45) is 2.93. The van der Waals surface area contributed by atoms with Crippen LogP contribution in [-0.2, 0) is 13.1 Å². The van der Waals surface area contributed by atoms with Crippen molar-refractivity contribution in [3.8, 4) is 5.75 Å². The number of hydrogen-bond donors (Lipinski definition) is 2. The molecule has 4 rings (SSSR count). The summed E-state index contributed by atoms with van der Waals surface area (Å²) in [5, 5.41) is 12.7. The van der Waals surface area contributed by atoms with Gasteiger partial charge in [-0.15, -0.1) is 0 Å². The maximum atomic E-state index is 13.2. The molecule has 2 aromatic rings. The van der Waals surface area contributed by atoms with Gasteiger partial charge in [-0.1, -0.05) is 17.7 Å². The highest BCUT2D eigenvalue weighted by Crippen LogP contribution is 2.42. The first-order chi connectivity index (χ1) is 12.4. The van der Waals surface area contributed by atoms with Crippen LogP contribution in [0.15, 0.2) is 23.0 Å². The number of fused-ring (bicyclic) bond motifs is 4. The van der Waals surface area contributed by atoms with Gasteiger partial charge in [0.05, 0.1) is 5.02 Å². The summed E-state index contributed by atoms with van der Waals surface area (Å²) >= 11 is 5.72. The number of carbonyl (C=O) groups excluding carboxylic acids is 1. The molecule has 2 aliphatic rings. The van der Waals surface area contributed by atoms with Crippen LogP contribution < -0.4 is 10.9 Å². The zero-order valence-corrected chi connectivity index (χ0v) is 14.6. The lowest BCUT2D eigenvalue weighted by Crippen LogP contribution is -2.34. The van der Waals surface area contributed by atoms with Gasteiger partial charge < -0.3 is 10.4 Å². The van der Waals surface area contributed by atoms with E-state index in [1.807, 2.05) is 0 Å². The van der Waals surface area contributed by atoms with Crippen LogP contribution in [0.3, 0.4) is 0 Å². The Balaban J connectivity index is 1.59. The van der Waals surface area contributed by atoms with Gasteiger partial charge in [-0.2, -0.15) is 0 Å². The molecule has 0 saturated heterocycles. The highest BCUT2D eigenvalue weighted by Gasteiger charge is 2.36. The standard InChI is InChI=1S/C18H17ClFN3O3/c19-12-6-9(2-4-13(12)20)7-21-17(25)14-15(24)18(26)23-8-10-1-3-11(5-10)16(23)22-14/h2,4,6,10-11,24H,1,3,5,7-8H2,(H,21,25). The zero-order chi connectivity index (χ0) is 18.4. The van der Waals surface area contributed by atoms with Gasteiger partial charge >= 0.3 is 0 Å². The average molecular weight is 378 g/mol. The number of aromatic hydroxyl groups is 1. The molecule has 2 unspecified atom stereocenters. The summed E-state index contributed by atoms with van der Waals surface area (Å²) in [5.74, 6) is -0.651. The number of amides is 1. The Bertz CT molecular complexity index is 959. The second-order valence-corrected chi connectivity index (χ2v) is 7.30. The van der Waals surface area contributed by atoms with E-state index in [-0.39, 0.29) is 23.2 Å². The van der Waals surface area contributed by atoms with E-state index < -0.39 is 23.0 Å². The number of benzene rings is 1. The molecule has 1 aromatic heterocycles. The SMILES string of the molecule is O=C(NCc1ccc(F)c(Cl)c1)c1nc2n(c(=O)c1O)CC1CCC2C1. The molecule has 26 heavy (non-hydrogen) atoms. The Morgan fingerprint density at radius 3 is 3.00 bits per heavy atom. The Morgan fingerprint density at radius 2 is 2.23 bits per heavy atom. The molecule has 1 aliphatic heterocycles. The highest BCUT2D eigenvalue weighted by molar-refractivity contribution is 6.30. The third kappa shape index (κ3) is 2.86. The van der Waals surface area contributed by atoms with Crippen LogP contribution in [0.2, 0.25) is 5.02 Å². The Hall–Kier alpha value is -2.41. The van der Waals surface area contributed by atoms with Crippen LogP contribution in [0.5, 0.6) is 5.75 Å². The summed E-state index contributed by atoms with van der Waals surface area (Å²) in [4.78, 5) is 29.2. The van der Waals surface area contributed by atoms with Gasteiger partial charge in [0.25, 0.3) is 11.5 Å². The quantitative estimate of drug-likeness (QED) is 0.861. The molecule has 1 saturated carbocycles. The van der Waals surface area contributed by atoms with Gasteiger partial charge in [0.1, 0.15) is 11.6 Å². The molecule has 8 heteroatoms. The number of halogens is 2. The molecule has 6 nitrogen and oxygen atoms in total. The zero-order valence-electron chi connectivity index (χ0n) is 13.8. The monoisotopic (exact) mass is 377 g/mol. The maximum absolute atomic E-state index is 13.2. The molecule has 2 heterocycles.